The number of halogens is 2. The van der Waals surface area contributed by atoms with Crippen molar-refractivity contribution in [2.75, 3.05) is 11.1 Å². The van der Waals surface area contributed by atoms with Gasteiger partial charge in [0.05, 0.1) is 16.4 Å². The first-order valence-electron chi connectivity index (χ1n) is 5.60. The highest BCUT2D eigenvalue weighted by molar-refractivity contribution is 6.33. The number of carbonyl (C=O) groups is 1. The van der Waals surface area contributed by atoms with Crippen molar-refractivity contribution in [3.63, 3.8) is 0 Å². The predicted molar refractivity (Wildman–Crippen MR) is 75.0 cm³/mol. The van der Waals surface area contributed by atoms with Crippen molar-refractivity contribution in [2.45, 2.75) is 6.92 Å². The van der Waals surface area contributed by atoms with Crippen LogP contribution in [0.4, 0.5) is 15.8 Å². The number of benzene rings is 2. The van der Waals surface area contributed by atoms with Crippen LogP contribution < -0.4 is 11.1 Å². The van der Waals surface area contributed by atoms with Gasteiger partial charge >= 0.3 is 0 Å². The zero-order chi connectivity index (χ0) is 14.0. The fourth-order valence-electron chi connectivity index (χ4n) is 1.60. The standard InChI is InChI=1S/C14H12ClFN2O/c1-8-2-5-13(11(16)6-8)18-14(19)9-3-4-10(15)12(17)7-9/h2-7H,17H2,1H3,(H,18,19). The zero-order valence-corrected chi connectivity index (χ0v) is 11.0. The van der Waals surface area contributed by atoms with Gasteiger partial charge in [0, 0.05) is 5.56 Å². The fourth-order valence-corrected chi connectivity index (χ4v) is 1.72. The van der Waals surface area contributed by atoms with Crippen LogP contribution in [-0.2, 0) is 0 Å². The fraction of sp³-hybridized carbons (Fsp3) is 0.0714. The molecule has 0 fully saturated rings. The molecule has 98 valence electrons. The number of nitrogen functional groups attached to an aromatic ring is 1. The number of hydrogen-bond donors (Lipinski definition) is 2. The average Bonchev–Trinajstić information content (AvgIpc) is 2.36. The Morgan fingerprint density at radius 1 is 1.26 bits per heavy atom. The molecule has 0 aliphatic heterocycles. The molecule has 5 heteroatoms. The summed E-state index contributed by atoms with van der Waals surface area (Å²) in [5, 5.41) is 2.86. The van der Waals surface area contributed by atoms with Crippen LogP contribution in [0.15, 0.2) is 36.4 Å². The van der Waals surface area contributed by atoms with E-state index in [1.54, 1.807) is 13.0 Å². The van der Waals surface area contributed by atoms with Crippen molar-refractivity contribution in [3.05, 3.63) is 58.4 Å². The van der Waals surface area contributed by atoms with Crippen molar-refractivity contribution in [1.29, 1.82) is 0 Å². The van der Waals surface area contributed by atoms with Gasteiger partial charge in [-0.3, -0.25) is 4.79 Å². The SMILES string of the molecule is Cc1ccc(NC(=O)c2ccc(Cl)c(N)c2)c(F)c1. The van der Waals surface area contributed by atoms with Gasteiger partial charge in [0.1, 0.15) is 5.82 Å². The van der Waals surface area contributed by atoms with Crippen molar-refractivity contribution in [3.8, 4) is 0 Å². The van der Waals surface area contributed by atoms with Gasteiger partial charge in [0.15, 0.2) is 0 Å². The minimum atomic E-state index is -0.477. The lowest BCUT2D eigenvalue weighted by Crippen LogP contribution is -2.13. The van der Waals surface area contributed by atoms with Crippen LogP contribution in [0.25, 0.3) is 0 Å². The molecule has 0 aliphatic carbocycles. The lowest BCUT2D eigenvalue weighted by molar-refractivity contribution is 0.102. The number of hydrogen-bond acceptors (Lipinski definition) is 2. The topological polar surface area (TPSA) is 55.1 Å². The molecule has 19 heavy (non-hydrogen) atoms. The molecule has 0 spiro atoms. The first-order chi connectivity index (χ1) is 8.97. The van der Waals surface area contributed by atoms with Crippen LogP contribution in [0.3, 0.4) is 0 Å². The lowest BCUT2D eigenvalue weighted by Gasteiger charge is -2.08. The highest BCUT2D eigenvalue weighted by Gasteiger charge is 2.10. The van der Waals surface area contributed by atoms with Crippen LogP contribution in [0.2, 0.25) is 5.02 Å². The molecule has 0 saturated heterocycles. The third-order valence-electron chi connectivity index (χ3n) is 2.63. The van der Waals surface area contributed by atoms with Gasteiger partial charge in [0.2, 0.25) is 0 Å². The molecule has 0 unspecified atom stereocenters. The summed E-state index contributed by atoms with van der Waals surface area (Å²) in [6.45, 7) is 1.77. The van der Waals surface area contributed by atoms with E-state index in [-0.39, 0.29) is 5.69 Å². The number of nitrogens with two attached hydrogens (primary N) is 1. The molecule has 3 nitrogen and oxygen atoms in total. The molecular weight excluding hydrogens is 267 g/mol. The van der Waals surface area contributed by atoms with Crippen molar-refractivity contribution >= 4 is 28.9 Å². The molecule has 0 aliphatic rings. The van der Waals surface area contributed by atoms with Gasteiger partial charge in [-0.05, 0) is 42.8 Å². The Morgan fingerprint density at radius 3 is 2.63 bits per heavy atom. The Labute approximate surface area is 115 Å². The monoisotopic (exact) mass is 278 g/mol. The Kier molecular flexibility index (Phi) is 3.71. The number of carbonyl (C=O) groups excluding carboxylic acids is 1. The third kappa shape index (κ3) is 3.03. The minimum Gasteiger partial charge on any atom is -0.398 e. The molecule has 0 aromatic heterocycles. The van der Waals surface area contributed by atoms with Gasteiger partial charge < -0.3 is 11.1 Å². The van der Waals surface area contributed by atoms with E-state index in [1.807, 2.05) is 0 Å². The number of amides is 1. The summed E-state index contributed by atoms with van der Waals surface area (Å²) in [5.74, 6) is -0.915. The minimum absolute atomic E-state index is 0.129. The maximum Gasteiger partial charge on any atom is 0.255 e. The van der Waals surface area contributed by atoms with Crippen LogP contribution >= 0.6 is 11.6 Å². The average molecular weight is 279 g/mol. The summed E-state index contributed by atoms with van der Waals surface area (Å²) >= 11 is 5.77. The highest BCUT2D eigenvalue weighted by atomic mass is 35.5. The van der Waals surface area contributed by atoms with Gasteiger partial charge in [-0.25, -0.2) is 4.39 Å². The second kappa shape index (κ2) is 5.28. The Balaban J connectivity index is 2.23. The van der Waals surface area contributed by atoms with Gasteiger partial charge in [0.25, 0.3) is 5.91 Å². The van der Waals surface area contributed by atoms with Gasteiger partial charge in [-0.15, -0.1) is 0 Å². The summed E-state index contributed by atoms with van der Waals surface area (Å²) in [4.78, 5) is 11.9. The molecule has 0 saturated carbocycles. The van der Waals surface area contributed by atoms with Crippen LogP contribution in [0, 0.1) is 12.7 Å². The van der Waals surface area contributed by atoms with E-state index in [1.165, 1.54) is 30.3 Å². The maximum absolute atomic E-state index is 13.6. The molecule has 2 aromatic rings. The molecule has 2 rings (SSSR count). The molecule has 0 bridgehead atoms. The van der Waals surface area contributed by atoms with E-state index >= 15 is 0 Å². The van der Waals surface area contributed by atoms with Crippen molar-refractivity contribution < 1.29 is 9.18 Å². The van der Waals surface area contributed by atoms with E-state index in [2.05, 4.69) is 5.32 Å². The molecule has 0 atom stereocenters. The molecule has 0 heterocycles. The normalized spacial score (nSPS) is 10.3. The van der Waals surface area contributed by atoms with E-state index in [4.69, 9.17) is 17.3 Å². The number of rotatable bonds is 2. The van der Waals surface area contributed by atoms with Gasteiger partial charge in [-0.1, -0.05) is 17.7 Å². The quantitative estimate of drug-likeness (QED) is 0.824. The van der Waals surface area contributed by atoms with Gasteiger partial charge in [-0.2, -0.15) is 0 Å². The first kappa shape index (κ1) is 13.4. The lowest BCUT2D eigenvalue weighted by atomic mass is 10.1. The first-order valence-corrected chi connectivity index (χ1v) is 5.97. The van der Waals surface area contributed by atoms with Crippen LogP contribution in [0.5, 0.6) is 0 Å². The summed E-state index contributed by atoms with van der Waals surface area (Å²) in [6, 6.07) is 9.09. The Morgan fingerprint density at radius 2 is 2.00 bits per heavy atom. The number of anilines is 2. The van der Waals surface area contributed by atoms with E-state index in [0.717, 1.165) is 5.56 Å². The van der Waals surface area contributed by atoms with Crippen LogP contribution in [0.1, 0.15) is 15.9 Å². The molecule has 3 N–H and O–H groups in total. The molecule has 1 amide bonds. The van der Waals surface area contributed by atoms with Crippen molar-refractivity contribution in [2.24, 2.45) is 0 Å². The smallest absolute Gasteiger partial charge is 0.255 e. The summed E-state index contributed by atoms with van der Waals surface area (Å²) < 4.78 is 13.6. The van der Waals surface area contributed by atoms with Crippen LogP contribution in [-0.4, -0.2) is 5.91 Å². The maximum atomic E-state index is 13.6. The molecule has 2 aromatic carbocycles. The number of aryl methyl sites for hydroxylation is 1. The Hall–Kier alpha value is -2.07. The highest BCUT2D eigenvalue weighted by Crippen LogP contribution is 2.21. The zero-order valence-electron chi connectivity index (χ0n) is 10.2. The predicted octanol–water partition coefficient (Wildman–Crippen LogP) is 3.62. The van der Waals surface area contributed by atoms with E-state index in [9.17, 15) is 9.18 Å². The van der Waals surface area contributed by atoms with Crippen molar-refractivity contribution in [1.82, 2.24) is 0 Å². The summed E-state index contributed by atoms with van der Waals surface area (Å²) in [7, 11) is 0. The largest absolute Gasteiger partial charge is 0.398 e. The second-order valence-corrected chi connectivity index (χ2v) is 4.58. The summed E-state index contributed by atoms with van der Waals surface area (Å²) in [5.41, 5.74) is 7.15. The number of nitrogens with one attached hydrogen (secondary N) is 1. The van der Waals surface area contributed by atoms with E-state index in [0.29, 0.717) is 16.3 Å². The molecular formula is C14H12ClFN2O. The van der Waals surface area contributed by atoms with E-state index < -0.39 is 11.7 Å². The third-order valence-corrected chi connectivity index (χ3v) is 2.98. The Bertz CT molecular complexity index is 643. The summed E-state index contributed by atoms with van der Waals surface area (Å²) in [6.07, 6.45) is 0. The second-order valence-electron chi connectivity index (χ2n) is 4.17. The molecule has 0 radical (unpaired) electrons.